The van der Waals surface area contributed by atoms with E-state index in [-0.39, 0.29) is 18.0 Å². The minimum atomic E-state index is -0.337. The zero-order valence-electron chi connectivity index (χ0n) is 11.2. The van der Waals surface area contributed by atoms with E-state index >= 15 is 0 Å². The maximum atomic E-state index is 12.8. The first-order valence-corrected chi connectivity index (χ1v) is 6.49. The normalized spacial score (nSPS) is 10.7. The molecule has 0 aliphatic rings. The second kappa shape index (κ2) is 5.78. The van der Waals surface area contributed by atoms with Gasteiger partial charge in [-0.05, 0) is 37.1 Å². The smallest absolute Gasteiger partial charge is 0.170 e. The van der Waals surface area contributed by atoms with Crippen LogP contribution in [0.4, 0.5) is 4.39 Å². The lowest BCUT2D eigenvalue weighted by Gasteiger charge is -1.98. The summed E-state index contributed by atoms with van der Waals surface area (Å²) >= 11 is 0. The van der Waals surface area contributed by atoms with E-state index in [1.54, 1.807) is 0 Å². The lowest BCUT2D eigenvalue weighted by molar-refractivity contribution is 0.0991. The number of imidazole rings is 1. The van der Waals surface area contributed by atoms with Crippen molar-refractivity contribution in [2.24, 2.45) is 0 Å². The molecule has 1 heterocycles. The number of rotatable bonds is 5. The number of aromatic nitrogens is 2. The standard InChI is InChI=1S/C15H17FN2O/c1-3-12-13(4-2)18-15(17-12)9-14(19)10-5-7-11(16)8-6-10/h5-8H,3-4,9H2,1-2H3,(H,17,18). The van der Waals surface area contributed by atoms with E-state index in [0.29, 0.717) is 11.4 Å². The number of aromatic amines is 1. The molecule has 0 atom stereocenters. The van der Waals surface area contributed by atoms with Crippen LogP contribution < -0.4 is 0 Å². The Morgan fingerprint density at radius 2 is 1.89 bits per heavy atom. The molecule has 0 saturated heterocycles. The number of ketones is 1. The summed E-state index contributed by atoms with van der Waals surface area (Å²) in [5, 5.41) is 0. The molecule has 100 valence electrons. The lowest BCUT2D eigenvalue weighted by Crippen LogP contribution is -2.05. The highest BCUT2D eigenvalue weighted by atomic mass is 19.1. The Hall–Kier alpha value is -1.97. The first-order valence-electron chi connectivity index (χ1n) is 6.49. The van der Waals surface area contributed by atoms with Crippen LogP contribution in [-0.2, 0) is 19.3 Å². The number of Topliss-reactive ketones (excluding diaryl/α,β-unsaturated/α-hetero) is 1. The number of benzene rings is 1. The van der Waals surface area contributed by atoms with Gasteiger partial charge >= 0.3 is 0 Å². The predicted octanol–water partition coefficient (Wildman–Crippen LogP) is 3.10. The van der Waals surface area contributed by atoms with Gasteiger partial charge in [-0.25, -0.2) is 9.37 Å². The van der Waals surface area contributed by atoms with Gasteiger partial charge in [-0.15, -0.1) is 0 Å². The number of nitrogens with zero attached hydrogens (tertiary/aromatic N) is 1. The number of aryl methyl sites for hydroxylation is 2. The minimum absolute atomic E-state index is 0.0564. The highest BCUT2D eigenvalue weighted by Gasteiger charge is 2.12. The maximum absolute atomic E-state index is 12.8. The molecule has 1 aromatic carbocycles. The van der Waals surface area contributed by atoms with Gasteiger partial charge in [0.15, 0.2) is 5.78 Å². The second-order valence-corrected chi connectivity index (χ2v) is 4.42. The van der Waals surface area contributed by atoms with Crippen LogP contribution in [-0.4, -0.2) is 15.8 Å². The van der Waals surface area contributed by atoms with Gasteiger partial charge in [0.2, 0.25) is 0 Å². The highest BCUT2D eigenvalue weighted by molar-refractivity contribution is 5.97. The van der Waals surface area contributed by atoms with Crippen molar-refractivity contribution in [2.45, 2.75) is 33.1 Å². The van der Waals surface area contributed by atoms with Crippen LogP contribution in [0, 0.1) is 5.82 Å². The van der Waals surface area contributed by atoms with Gasteiger partial charge in [0.25, 0.3) is 0 Å². The number of hydrogen-bond acceptors (Lipinski definition) is 2. The molecule has 0 unspecified atom stereocenters. The first kappa shape index (κ1) is 13.5. The van der Waals surface area contributed by atoms with E-state index in [1.807, 2.05) is 6.92 Å². The van der Waals surface area contributed by atoms with Crippen LogP contribution >= 0.6 is 0 Å². The molecule has 0 radical (unpaired) electrons. The van der Waals surface area contributed by atoms with Crippen LogP contribution in [0.15, 0.2) is 24.3 Å². The average Bonchev–Trinajstić information content (AvgIpc) is 2.81. The van der Waals surface area contributed by atoms with Crippen LogP contribution in [0.25, 0.3) is 0 Å². The molecule has 4 heteroatoms. The number of H-pyrrole nitrogens is 1. The Bertz CT molecular complexity index is 551. The molecule has 1 aromatic heterocycles. The van der Waals surface area contributed by atoms with E-state index in [1.165, 1.54) is 24.3 Å². The number of halogens is 1. The van der Waals surface area contributed by atoms with E-state index < -0.39 is 0 Å². The summed E-state index contributed by atoms with van der Waals surface area (Å²) in [6.07, 6.45) is 1.95. The molecular formula is C15H17FN2O. The van der Waals surface area contributed by atoms with Crippen LogP contribution in [0.3, 0.4) is 0 Å². The zero-order chi connectivity index (χ0) is 13.8. The Morgan fingerprint density at radius 1 is 1.21 bits per heavy atom. The molecule has 0 fully saturated rings. The average molecular weight is 260 g/mol. The number of carbonyl (C=O) groups is 1. The molecule has 1 N–H and O–H groups in total. The summed E-state index contributed by atoms with van der Waals surface area (Å²) in [6, 6.07) is 5.60. The van der Waals surface area contributed by atoms with Gasteiger partial charge in [-0.3, -0.25) is 4.79 Å². The molecule has 2 rings (SSSR count). The third kappa shape index (κ3) is 3.08. The van der Waals surface area contributed by atoms with Crippen molar-refractivity contribution in [1.29, 1.82) is 0 Å². The quantitative estimate of drug-likeness (QED) is 0.840. The molecule has 0 aliphatic heterocycles. The highest BCUT2D eigenvalue weighted by Crippen LogP contribution is 2.11. The molecular weight excluding hydrogens is 243 g/mol. The minimum Gasteiger partial charge on any atom is -0.345 e. The Labute approximate surface area is 111 Å². The summed E-state index contributed by atoms with van der Waals surface area (Å²) in [5.74, 6) is 0.290. The fourth-order valence-corrected chi connectivity index (χ4v) is 2.06. The third-order valence-corrected chi connectivity index (χ3v) is 3.10. The van der Waals surface area contributed by atoms with Gasteiger partial charge in [-0.2, -0.15) is 0 Å². The predicted molar refractivity (Wildman–Crippen MR) is 71.8 cm³/mol. The largest absolute Gasteiger partial charge is 0.345 e. The van der Waals surface area contributed by atoms with Gasteiger partial charge in [0.1, 0.15) is 11.6 Å². The number of carbonyl (C=O) groups excluding carboxylic acids is 1. The topological polar surface area (TPSA) is 45.8 Å². The molecule has 0 saturated carbocycles. The molecule has 0 spiro atoms. The van der Waals surface area contributed by atoms with Gasteiger partial charge < -0.3 is 4.98 Å². The lowest BCUT2D eigenvalue weighted by atomic mass is 10.1. The van der Waals surface area contributed by atoms with Crippen molar-refractivity contribution in [3.63, 3.8) is 0 Å². The molecule has 0 bridgehead atoms. The summed E-state index contributed by atoms with van der Waals surface area (Å²) in [4.78, 5) is 19.7. The van der Waals surface area contributed by atoms with Gasteiger partial charge in [-0.1, -0.05) is 13.8 Å². The summed E-state index contributed by atoms with van der Waals surface area (Å²) < 4.78 is 12.8. The molecule has 0 amide bonds. The van der Waals surface area contributed by atoms with Crippen molar-refractivity contribution in [3.8, 4) is 0 Å². The maximum Gasteiger partial charge on any atom is 0.170 e. The fraction of sp³-hybridized carbons (Fsp3) is 0.333. The molecule has 2 aromatic rings. The summed E-state index contributed by atoms with van der Waals surface area (Å²) in [6.45, 7) is 4.10. The van der Waals surface area contributed by atoms with Crippen LogP contribution in [0.1, 0.15) is 41.4 Å². The Kier molecular flexibility index (Phi) is 4.10. The van der Waals surface area contributed by atoms with E-state index in [0.717, 1.165) is 24.2 Å². The number of hydrogen-bond donors (Lipinski definition) is 1. The van der Waals surface area contributed by atoms with Crippen LogP contribution in [0.2, 0.25) is 0 Å². The van der Waals surface area contributed by atoms with Gasteiger partial charge in [0.05, 0.1) is 12.1 Å². The first-order chi connectivity index (χ1) is 9.13. The van der Waals surface area contributed by atoms with Gasteiger partial charge in [0, 0.05) is 11.3 Å². The van der Waals surface area contributed by atoms with E-state index in [4.69, 9.17) is 0 Å². The van der Waals surface area contributed by atoms with Crippen molar-refractivity contribution >= 4 is 5.78 Å². The zero-order valence-corrected chi connectivity index (χ0v) is 11.2. The molecule has 19 heavy (non-hydrogen) atoms. The Balaban J connectivity index is 2.14. The molecule has 3 nitrogen and oxygen atoms in total. The van der Waals surface area contributed by atoms with Crippen molar-refractivity contribution in [1.82, 2.24) is 9.97 Å². The number of nitrogens with one attached hydrogen (secondary N) is 1. The fourth-order valence-electron chi connectivity index (χ4n) is 2.06. The summed E-state index contributed by atoms with van der Waals surface area (Å²) in [7, 11) is 0. The van der Waals surface area contributed by atoms with Crippen molar-refractivity contribution in [3.05, 3.63) is 52.9 Å². The van der Waals surface area contributed by atoms with E-state index in [2.05, 4.69) is 16.9 Å². The van der Waals surface area contributed by atoms with Crippen molar-refractivity contribution in [2.75, 3.05) is 0 Å². The summed E-state index contributed by atoms with van der Waals surface area (Å²) in [5.41, 5.74) is 2.61. The third-order valence-electron chi connectivity index (χ3n) is 3.10. The van der Waals surface area contributed by atoms with Crippen molar-refractivity contribution < 1.29 is 9.18 Å². The van der Waals surface area contributed by atoms with Crippen LogP contribution in [0.5, 0.6) is 0 Å². The second-order valence-electron chi connectivity index (χ2n) is 4.42. The SMILES string of the molecule is CCc1nc(CC(=O)c2ccc(F)cc2)[nH]c1CC. The van der Waals surface area contributed by atoms with E-state index in [9.17, 15) is 9.18 Å². The Morgan fingerprint density at radius 3 is 2.42 bits per heavy atom. The molecule has 0 aliphatic carbocycles. The monoisotopic (exact) mass is 260 g/mol.